The highest BCUT2D eigenvalue weighted by Gasteiger charge is 2.19. The van der Waals surface area contributed by atoms with Crippen molar-refractivity contribution in [2.75, 3.05) is 7.05 Å². The fraction of sp³-hybridized carbons (Fsp3) is 0.167. The van der Waals surface area contributed by atoms with E-state index >= 15 is 0 Å². The Balaban J connectivity index is 1.72. The van der Waals surface area contributed by atoms with Gasteiger partial charge in [0, 0.05) is 31.3 Å². The molecule has 0 aliphatic rings. The van der Waals surface area contributed by atoms with Crippen molar-refractivity contribution in [2.45, 2.75) is 24.9 Å². The molecule has 0 aliphatic heterocycles. The number of carbonyl (C=O) groups is 2. The summed E-state index contributed by atoms with van der Waals surface area (Å²) in [6, 6.07) is 20.7. The summed E-state index contributed by atoms with van der Waals surface area (Å²) in [7, 11) is -2.25. The molecule has 2 amide bonds. The molecule has 0 saturated heterocycles. The average Bonchev–Trinajstić information content (AvgIpc) is 2.81. The predicted octanol–water partition coefficient (Wildman–Crippen LogP) is 2.76. The van der Waals surface area contributed by atoms with E-state index < -0.39 is 15.9 Å². The summed E-state index contributed by atoms with van der Waals surface area (Å²) < 4.78 is 28.2. The van der Waals surface area contributed by atoms with Gasteiger partial charge in [0.1, 0.15) is 0 Å². The van der Waals surface area contributed by atoms with Crippen LogP contribution in [0.2, 0.25) is 0 Å². The van der Waals surface area contributed by atoms with E-state index in [1.54, 1.807) is 50.4 Å². The van der Waals surface area contributed by atoms with E-state index in [-0.39, 0.29) is 29.5 Å². The Hall–Kier alpha value is -3.49. The standard InChI is InChI=1S/C24H25N3O4S/c1-17-11-12-21(14-22(17)32(30,31)27-16-18-7-4-3-5-8-18)24(29)26-15-19-9-6-10-20(13-19)23(28)25-2/h3-14,27H,15-16H2,1-2H3,(H,25,28)(H,26,29). The van der Waals surface area contributed by atoms with Crippen LogP contribution in [0.4, 0.5) is 0 Å². The Kier molecular flexibility index (Phi) is 7.40. The molecule has 0 atom stereocenters. The molecular formula is C24H25N3O4S. The lowest BCUT2D eigenvalue weighted by Crippen LogP contribution is -2.26. The predicted molar refractivity (Wildman–Crippen MR) is 123 cm³/mol. The Morgan fingerprint density at radius 3 is 2.19 bits per heavy atom. The van der Waals surface area contributed by atoms with Gasteiger partial charge in [-0.25, -0.2) is 13.1 Å². The molecule has 0 fully saturated rings. The quantitative estimate of drug-likeness (QED) is 0.490. The number of carbonyl (C=O) groups excluding carboxylic acids is 2. The van der Waals surface area contributed by atoms with Gasteiger partial charge in [-0.05, 0) is 47.9 Å². The minimum absolute atomic E-state index is 0.0581. The number of benzene rings is 3. The average molecular weight is 452 g/mol. The molecule has 3 aromatic carbocycles. The Morgan fingerprint density at radius 1 is 0.781 bits per heavy atom. The van der Waals surface area contributed by atoms with Gasteiger partial charge in [-0.2, -0.15) is 0 Å². The van der Waals surface area contributed by atoms with E-state index in [0.29, 0.717) is 11.1 Å². The van der Waals surface area contributed by atoms with Crippen molar-refractivity contribution in [1.29, 1.82) is 0 Å². The van der Waals surface area contributed by atoms with Gasteiger partial charge in [0.15, 0.2) is 0 Å². The van der Waals surface area contributed by atoms with Crippen molar-refractivity contribution in [3.63, 3.8) is 0 Å². The van der Waals surface area contributed by atoms with Gasteiger partial charge in [-0.15, -0.1) is 0 Å². The van der Waals surface area contributed by atoms with Crippen molar-refractivity contribution in [2.24, 2.45) is 0 Å². The molecule has 3 rings (SSSR count). The third-order valence-corrected chi connectivity index (χ3v) is 6.46. The number of hydrogen-bond donors (Lipinski definition) is 3. The molecule has 0 spiro atoms. The Labute approximate surface area is 187 Å². The lowest BCUT2D eigenvalue weighted by Gasteiger charge is -2.12. The molecule has 0 unspecified atom stereocenters. The first-order chi connectivity index (χ1) is 15.3. The summed E-state index contributed by atoms with van der Waals surface area (Å²) in [5, 5.41) is 5.33. The van der Waals surface area contributed by atoms with Crippen LogP contribution in [0.15, 0.2) is 77.7 Å². The first-order valence-electron chi connectivity index (χ1n) is 10.0. The molecule has 3 aromatic rings. The van der Waals surface area contributed by atoms with Crippen molar-refractivity contribution < 1.29 is 18.0 Å². The van der Waals surface area contributed by atoms with Crippen LogP contribution in [0.3, 0.4) is 0 Å². The smallest absolute Gasteiger partial charge is 0.251 e. The second-order valence-corrected chi connectivity index (χ2v) is 8.99. The van der Waals surface area contributed by atoms with Crippen LogP contribution in [0.5, 0.6) is 0 Å². The van der Waals surface area contributed by atoms with E-state index in [9.17, 15) is 18.0 Å². The normalized spacial score (nSPS) is 11.1. The SMILES string of the molecule is CNC(=O)c1cccc(CNC(=O)c2ccc(C)c(S(=O)(=O)NCc3ccccc3)c2)c1. The fourth-order valence-electron chi connectivity index (χ4n) is 3.13. The molecule has 0 aliphatic carbocycles. The Bertz CT molecular complexity index is 1230. The van der Waals surface area contributed by atoms with Crippen LogP contribution in [0.1, 0.15) is 37.4 Å². The van der Waals surface area contributed by atoms with Crippen LogP contribution < -0.4 is 15.4 Å². The summed E-state index contributed by atoms with van der Waals surface area (Å²) in [5.41, 5.74) is 2.86. The molecule has 0 heterocycles. The number of hydrogen-bond acceptors (Lipinski definition) is 4. The Morgan fingerprint density at radius 2 is 1.47 bits per heavy atom. The molecule has 0 radical (unpaired) electrons. The second-order valence-electron chi connectivity index (χ2n) is 7.25. The number of amides is 2. The van der Waals surface area contributed by atoms with Gasteiger partial charge >= 0.3 is 0 Å². The molecule has 7 nitrogen and oxygen atoms in total. The maximum Gasteiger partial charge on any atom is 0.251 e. The molecule has 0 aromatic heterocycles. The van der Waals surface area contributed by atoms with Crippen LogP contribution in [-0.2, 0) is 23.1 Å². The van der Waals surface area contributed by atoms with E-state index in [1.165, 1.54) is 6.07 Å². The topological polar surface area (TPSA) is 104 Å². The lowest BCUT2D eigenvalue weighted by molar-refractivity contribution is 0.0948. The van der Waals surface area contributed by atoms with Gasteiger partial charge in [-0.1, -0.05) is 48.5 Å². The van der Waals surface area contributed by atoms with Gasteiger partial charge in [0.25, 0.3) is 11.8 Å². The van der Waals surface area contributed by atoms with Gasteiger partial charge < -0.3 is 10.6 Å². The van der Waals surface area contributed by atoms with Crippen LogP contribution in [0.25, 0.3) is 0 Å². The van der Waals surface area contributed by atoms with E-state index in [4.69, 9.17) is 0 Å². The molecule has 0 bridgehead atoms. The van der Waals surface area contributed by atoms with Crippen LogP contribution >= 0.6 is 0 Å². The monoisotopic (exact) mass is 451 g/mol. The number of sulfonamides is 1. The summed E-state index contributed by atoms with van der Waals surface area (Å²) in [6.45, 7) is 2.04. The summed E-state index contributed by atoms with van der Waals surface area (Å²) >= 11 is 0. The van der Waals surface area contributed by atoms with Gasteiger partial charge in [-0.3, -0.25) is 9.59 Å². The minimum Gasteiger partial charge on any atom is -0.355 e. The van der Waals surface area contributed by atoms with Crippen molar-refractivity contribution in [3.8, 4) is 0 Å². The summed E-state index contributed by atoms with van der Waals surface area (Å²) in [4.78, 5) is 24.5. The maximum absolute atomic E-state index is 12.8. The molecule has 3 N–H and O–H groups in total. The van der Waals surface area contributed by atoms with Crippen molar-refractivity contribution >= 4 is 21.8 Å². The van der Waals surface area contributed by atoms with Crippen molar-refractivity contribution in [1.82, 2.24) is 15.4 Å². The zero-order valence-corrected chi connectivity index (χ0v) is 18.7. The third kappa shape index (κ3) is 5.81. The van der Waals surface area contributed by atoms with Gasteiger partial charge in [0.2, 0.25) is 10.0 Å². The van der Waals surface area contributed by atoms with Crippen molar-refractivity contribution in [3.05, 3.63) is 101 Å². The number of aryl methyl sites for hydroxylation is 1. The molecular weight excluding hydrogens is 426 g/mol. The van der Waals surface area contributed by atoms with Crippen LogP contribution in [0, 0.1) is 6.92 Å². The second kappa shape index (κ2) is 10.2. The van der Waals surface area contributed by atoms with E-state index in [1.807, 2.05) is 30.3 Å². The summed E-state index contributed by atoms with van der Waals surface area (Å²) in [6.07, 6.45) is 0. The zero-order chi connectivity index (χ0) is 23.1. The molecule has 32 heavy (non-hydrogen) atoms. The van der Waals surface area contributed by atoms with E-state index in [2.05, 4.69) is 15.4 Å². The first kappa shape index (κ1) is 23.2. The highest BCUT2D eigenvalue weighted by Crippen LogP contribution is 2.18. The van der Waals surface area contributed by atoms with Crippen LogP contribution in [-0.4, -0.2) is 27.3 Å². The highest BCUT2D eigenvalue weighted by atomic mass is 32.2. The van der Waals surface area contributed by atoms with Gasteiger partial charge in [0.05, 0.1) is 4.90 Å². The third-order valence-electron chi connectivity index (χ3n) is 4.92. The molecule has 8 heteroatoms. The number of rotatable bonds is 8. The fourth-order valence-corrected chi connectivity index (χ4v) is 4.42. The summed E-state index contributed by atoms with van der Waals surface area (Å²) in [5.74, 6) is -0.621. The zero-order valence-electron chi connectivity index (χ0n) is 17.9. The number of nitrogens with one attached hydrogen (secondary N) is 3. The minimum atomic E-state index is -3.80. The largest absolute Gasteiger partial charge is 0.355 e. The molecule has 166 valence electrons. The first-order valence-corrected chi connectivity index (χ1v) is 11.5. The maximum atomic E-state index is 12.8. The lowest BCUT2D eigenvalue weighted by atomic mass is 10.1. The molecule has 0 saturated carbocycles. The highest BCUT2D eigenvalue weighted by molar-refractivity contribution is 7.89. The van der Waals surface area contributed by atoms with E-state index in [0.717, 1.165) is 11.1 Å².